The number of esters is 1. The predicted molar refractivity (Wildman–Crippen MR) is 84.2 cm³/mol. The summed E-state index contributed by atoms with van der Waals surface area (Å²) in [6, 6.07) is -0.334. The first-order valence-electron chi connectivity index (χ1n) is 8.21. The van der Waals surface area contributed by atoms with E-state index in [1.807, 2.05) is 20.8 Å². The van der Waals surface area contributed by atoms with Crippen LogP contribution >= 0.6 is 0 Å². The Balaban J connectivity index is 2.09. The van der Waals surface area contributed by atoms with Crippen molar-refractivity contribution < 1.29 is 23.8 Å². The van der Waals surface area contributed by atoms with Crippen LogP contribution in [0.4, 0.5) is 4.79 Å². The number of hydrogen-bond donors (Lipinski definition) is 0. The first-order valence-corrected chi connectivity index (χ1v) is 8.21. The third-order valence-corrected chi connectivity index (χ3v) is 4.22. The van der Waals surface area contributed by atoms with Crippen molar-refractivity contribution in [2.24, 2.45) is 0 Å². The van der Waals surface area contributed by atoms with Gasteiger partial charge >= 0.3 is 12.1 Å². The molecule has 2 aliphatic rings. The standard InChI is InChI=1S/C16H28N2O5/c1-16(2,3)23-15(20)18-11-12(17-7-9-22-10-8-17)5-6-13(18)14(19)21-4/h12-13H,5-11H2,1-4H3/t12?,13-/m0/s1. The summed E-state index contributed by atoms with van der Waals surface area (Å²) in [6.07, 6.45) is 0.998. The molecule has 0 aromatic rings. The van der Waals surface area contributed by atoms with Crippen LogP contribution in [0.5, 0.6) is 0 Å². The van der Waals surface area contributed by atoms with E-state index in [4.69, 9.17) is 14.2 Å². The van der Waals surface area contributed by atoms with Crippen LogP contribution in [0.2, 0.25) is 0 Å². The van der Waals surface area contributed by atoms with Gasteiger partial charge in [-0.1, -0.05) is 0 Å². The van der Waals surface area contributed by atoms with Crippen LogP contribution < -0.4 is 0 Å². The van der Waals surface area contributed by atoms with Crippen LogP contribution in [0.25, 0.3) is 0 Å². The number of rotatable bonds is 2. The minimum atomic E-state index is -0.594. The zero-order valence-electron chi connectivity index (χ0n) is 14.5. The van der Waals surface area contributed by atoms with Crippen molar-refractivity contribution in [1.82, 2.24) is 9.80 Å². The molecule has 2 atom stereocenters. The van der Waals surface area contributed by atoms with Gasteiger partial charge in [0.25, 0.3) is 0 Å². The molecule has 2 rings (SSSR count). The third-order valence-electron chi connectivity index (χ3n) is 4.22. The lowest BCUT2D eigenvalue weighted by Gasteiger charge is -2.43. The molecule has 0 aromatic carbocycles. The summed E-state index contributed by atoms with van der Waals surface area (Å²) in [5.74, 6) is -0.378. The van der Waals surface area contributed by atoms with E-state index < -0.39 is 17.7 Å². The van der Waals surface area contributed by atoms with Crippen LogP contribution in [0, 0.1) is 0 Å². The minimum Gasteiger partial charge on any atom is -0.467 e. The number of piperidine rings is 1. The van der Waals surface area contributed by atoms with Crippen molar-refractivity contribution in [2.45, 2.75) is 51.3 Å². The Morgan fingerprint density at radius 3 is 2.35 bits per heavy atom. The molecule has 2 aliphatic heterocycles. The first-order chi connectivity index (χ1) is 10.8. The number of ether oxygens (including phenoxy) is 3. The number of likely N-dealkylation sites (tertiary alicyclic amines) is 1. The lowest BCUT2D eigenvalue weighted by atomic mass is 9.97. The summed E-state index contributed by atoms with van der Waals surface area (Å²) in [5.41, 5.74) is -0.594. The van der Waals surface area contributed by atoms with Crippen LogP contribution in [0.15, 0.2) is 0 Å². The van der Waals surface area contributed by atoms with Crippen LogP contribution in [-0.2, 0) is 19.0 Å². The van der Waals surface area contributed by atoms with Crippen molar-refractivity contribution in [3.63, 3.8) is 0 Å². The summed E-state index contributed by atoms with van der Waals surface area (Å²) in [7, 11) is 1.35. The Labute approximate surface area is 137 Å². The van der Waals surface area contributed by atoms with Crippen molar-refractivity contribution >= 4 is 12.1 Å². The molecule has 0 aliphatic carbocycles. The number of methoxy groups -OCH3 is 1. The molecule has 2 fully saturated rings. The molecule has 7 heteroatoms. The largest absolute Gasteiger partial charge is 0.467 e. The molecule has 2 heterocycles. The average molecular weight is 328 g/mol. The van der Waals surface area contributed by atoms with E-state index >= 15 is 0 Å². The highest BCUT2D eigenvalue weighted by Gasteiger charge is 2.40. The van der Waals surface area contributed by atoms with E-state index in [2.05, 4.69) is 4.90 Å². The highest BCUT2D eigenvalue weighted by Crippen LogP contribution is 2.25. The van der Waals surface area contributed by atoms with Crippen LogP contribution in [0.3, 0.4) is 0 Å². The summed E-state index contributed by atoms with van der Waals surface area (Å²) in [5, 5.41) is 0. The second kappa shape index (κ2) is 7.49. The van der Waals surface area contributed by atoms with E-state index in [9.17, 15) is 9.59 Å². The second-order valence-electron chi connectivity index (χ2n) is 7.05. The van der Waals surface area contributed by atoms with Gasteiger partial charge in [-0.05, 0) is 33.6 Å². The van der Waals surface area contributed by atoms with E-state index in [0.717, 1.165) is 19.5 Å². The summed E-state index contributed by atoms with van der Waals surface area (Å²) < 4.78 is 15.7. The van der Waals surface area contributed by atoms with Gasteiger partial charge in [0, 0.05) is 25.7 Å². The maximum atomic E-state index is 12.5. The highest BCUT2D eigenvalue weighted by atomic mass is 16.6. The maximum absolute atomic E-state index is 12.5. The molecule has 1 unspecified atom stereocenters. The number of hydrogen-bond acceptors (Lipinski definition) is 6. The fraction of sp³-hybridized carbons (Fsp3) is 0.875. The number of carbonyl (C=O) groups is 2. The smallest absolute Gasteiger partial charge is 0.411 e. The molecule has 0 bridgehead atoms. The van der Waals surface area contributed by atoms with Crippen molar-refractivity contribution in [3.8, 4) is 0 Å². The van der Waals surface area contributed by atoms with E-state index in [1.54, 1.807) is 0 Å². The Hall–Kier alpha value is -1.34. The van der Waals surface area contributed by atoms with Gasteiger partial charge in [0.15, 0.2) is 0 Å². The first kappa shape index (κ1) is 18.0. The Morgan fingerprint density at radius 2 is 1.78 bits per heavy atom. The molecule has 132 valence electrons. The summed E-state index contributed by atoms with van der Waals surface area (Å²) in [6.45, 7) is 9.08. The highest BCUT2D eigenvalue weighted by molar-refractivity contribution is 5.81. The van der Waals surface area contributed by atoms with E-state index in [1.165, 1.54) is 12.0 Å². The number of morpholine rings is 1. The SMILES string of the molecule is COC(=O)[C@@H]1CCC(N2CCOCC2)CN1C(=O)OC(C)(C)C. The lowest BCUT2D eigenvalue weighted by molar-refractivity contribution is -0.149. The number of nitrogens with zero attached hydrogens (tertiary/aromatic N) is 2. The number of carbonyl (C=O) groups excluding carboxylic acids is 2. The monoisotopic (exact) mass is 328 g/mol. The third kappa shape index (κ3) is 4.81. The molecular formula is C16H28N2O5. The molecule has 0 saturated carbocycles. The Kier molecular flexibility index (Phi) is 5.86. The minimum absolute atomic E-state index is 0.229. The van der Waals surface area contributed by atoms with Gasteiger partial charge < -0.3 is 14.2 Å². The van der Waals surface area contributed by atoms with Crippen LogP contribution in [0.1, 0.15) is 33.6 Å². The Morgan fingerprint density at radius 1 is 1.13 bits per heavy atom. The van der Waals surface area contributed by atoms with Crippen molar-refractivity contribution in [3.05, 3.63) is 0 Å². The number of amides is 1. The zero-order chi connectivity index (χ0) is 17.0. The second-order valence-corrected chi connectivity index (χ2v) is 7.05. The van der Waals surface area contributed by atoms with E-state index in [0.29, 0.717) is 26.2 Å². The van der Waals surface area contributed by atoms with Gasteiger partial charge in [0.2, 0.25) is 0 Å². The molecule has 0 aromatic heterocycles. The van der Waals surface area contributed by atoms with Crippen molar-refractivity contribution in [1.29, 1.82) is 0 Å². The molecular weight excluding hydrogens is 300 g/mol. The molecule has 1 amide bonds. The predicted octanol–water partition coefficient (Wildman–Crippen LogP) is 1.26. The van der Waals surface area contributed by atoms with Gasteiger partial charge in [-0.25, -0.2) is 9.59 Å². The lowest BCUT2D eigenvalue weighted by Crippen LogP contribution is -2.58. The van der Waals surface area contributed by atoms with Gasteiger partial charge in [-0.3, -0.25) is 9.80 Å². The molecule has 23 heavy (non-hydrogen) atoms. The average Bonchev–Trinajstić information content (AvgIpc) is 2.52. The maximum Gasteiger partial charge on any atom is 0.411 e. The molecule has 0 radical (unpaired) electrons. The topological polar surface area (TPSA) is 68.3 Å². The van der Waals surface area contributed by atoms with Gasteiger partial charge in [0.05, 0.1) is 20.3 Å². The molecule has 2 saturated heterocycles. The quantitative estimate of drug-likeness (QED) is 0.711. The van der Waals surface area contributed by atoms with Gasteiger partial charge in [-0.15, -0.1) is 0 Å². The summed E-state index contributed by atoms with van der Waals surface area (Å²) >= 11 is 0. The fourth-order valence-corrected chi connectivity index (χ4v) is 3.10. The Bertz CT molecular complexity index is 429. The van der Waals surface area contributed by atoms with E-state index in [-0.39, 0.29) is 12.0 Å². The van der Waals surface area contributed by atoms with Gasteiger partial charge in [-0.2, -0.15) is 0 Å². The summed E-state index contributed by atoms with van der Waals surface area (Å²) in [4.78, 5) is 28.4. The fourth-order valence-electron chi connectivity index (χ4n) is 3.10. The van der Waals surface area contributed by atoms with Gasteiger partial charge in [0.1, 0.15) is 11.6 Å². The van der Waals surface area contributed by atoms with Crippen LogP contribution in [-0.4, -0.2) is 79.5 Å². The normalized spacial score (nSPS) is 26.7. The molecule has 0 N–H and O–H groups in total. The van der Waals surface area contributed by atoms with Crippen molar-refractivity contribution in [2.75, 3.05) is 40.0 Å². The zero-order valence-corrected chi connectivity index (χ0v) is 14.5. The molecule has 7 nitrogen and oxygen atoms in total. The molecule has 0 spiro atoms.